The molecule has 0 bridgehead atoms. The SMILES string of the molecule is C=C(/C=C(\C=C/C)C(C)(C)OCCC(C)(C)C)C(C)(C)CC. The Morgan fingerprint density at radius 2 is 1.59 bits per heavy atom. The molecular formula is C21H38O. The summed E-state index contributed by atoms with van der Waals surface area (Å²) < 4.78 is 6.21. The van der Waals surface area contributed by atoms with Crippen LogP contribution in [0.15, 0.2) is 36.0 Å². The Hall–Kier alpha value is -0.820. The molecule has 0 saturated carbocycles. The maximum Gasteiger partial charge on any atom is 0.0875 e. The highest BCUT2D eigenvalue weighted by Crippen LogP contribution is 2.33. The number of ether oxygens (including phenoxy) is 1. The Morgan fingerprint density at radius 3 is 2.00 bits per heavy atom. The summed E-state index contributed by atoms with van der Waals surface area (Å²) in [4.78, 5) is 0. The summed E-state index contributed by atoms with van der Waals surface area (Å²) in [7, 11) is 0. The highest BCUT2D eigenvalue weighted by molar-refractivity contribution is 5.36. The van der Waals surface area contributed by atoms with Gasteiger partial charge in [-0.05, 0) is 55.6 Å². The van der Waals surface area contributed by atoms with E-state index in [1.807, 2.05) is 6.92 Å². The second-order valence-corrected chi connectivity index (χ2v) is 8.53. The van der Waals surface area contributed by atoms with Crippen molar-refractivity contribution in [1.82, 2.24) is 0 Å². The minimum atomic E-state index is -0.301. The zero-order valence-electron chi connectivity index (χ0n) is 16.5. The molecule has 0 fully saturated rings. The van der Waals surface area contributed by atoms with E-state index in [1.165, 1.54) is 5.57 Å². The highest BCUT2D eigenvalue weighted by atomic mass is 16.5. The maximum atomic E-state index is 6.21. The van der Waals surface area contributed by atoms with Crippen LogP contribution in [0.2, 0.25) is 0 Å². The maximum absolute atomic E-state index is 6.21. The van der Waals surface area contributed by atoms with E-state index in [-0.39, 0.29) is 11.0 Å². The second kappa shape index (κ2) is 8.15. The fourth-order valence-corrected chi connectivity index (χ4v) is 1.91. The smallest absolute Gasteiger partial charge is 0.0875 e. The van der Waals surface area contributed by atoms with E-state index in [0.29, 0.717) is 5.41 Å². The van der Waals surface area contributed by atoms with Crippen LogP contribution in [0, 0.1) is 10.8 Å². The Bertz CT molecular complexity index is 414. The third kappa shape index (κ3) is 7.45. The lowest BCUT2D eigenvalue weighted by atomic mass is 9.80. The van der Waals surface area contributed by atoms with Crippen molar-refractivity contribution in [2.45, 2.75) is 80.8 Å². The molecule has 22 heavy (non-hydrogen) atoms. The number of hydrogen-bond donors (Lipinski definition) is 0. The quantitative estimate of drug-likeness (QED) is 0.453. The molecule has 0 atom stereocenters. The minimum absolute atomic E-state index is 0.119. The summed E-state index contributed by atoms with van der Waals surface area (Å²) >= 11 is 0. The Labute approximate surface area is 139 Å². The topological polar surface area (TPSA) is 9.23 Å². The average Bonchev–Trinajstić information content (AvgIpc) is 2.36. The molecule has 0 N–H and O–H groups in total. The molecule has 0 aromatic heterocycles. The Morgan fingerprint density at radius 1 is 1.05 bits per heavy atom. The van der Waals surface area contributed by atoms with Crippen molar-refractivity contribution in [2.75, 3.05) is 6.61 Å². The van der Waals surface area contributed by atoms with E-state index in [4.69, 9.17) is 4.74 Å². The van der Waals surface area contributed by atoms with Crippen molar-refractivity contribution in [1.29, 1.82) is 0 Å². The van der Waals surface area contributed by atoms with Gasteiger partial charge in [-0.1, -0.05) is 66.3 Å². The van der Waals surface area contributed by atoms with E-state index < -0.39 is 0 Å². The molecule has 1 nitrogen and oxygen atoms in total. The van der Waals surface area contributed by atoms with Crippen molar-refractivity contribution in [3.05, 3.63) is 36.0 Å². The van der Waals surface area contributed by atoms with Gasteiger partial charge in [0.05, 0.1) is 5.60 Å². The van der Waals surface area contributed by atoms with Crippen molar-refractivity contribution in [2.24, 2.45) is 10.8 Å². The molecule has 0 aromatic rings. The van der Waals surface area contributed by atoms with Crippen molar-refractivity contribution in [3.8, 4) is 0 Å². The van der Waals surface area contributed by atoms with Gasteiger partial charge in [0.2, 0.25) is 0 Å². The first-order valence-corrected chi connectivity index (χ1v) is 8.54. The van der Waals surface area contributed by atoms with Gasteiger partial charge < -0.3 is 4.74 Å². The highest BCUT2D eigenvalue weighted by Gasteiger charge is 2.25. The van der Waals surface area contributed by atoms with E-state index in [0.717, 1.165) is 25.0 Å². The molecule has 0 aliphatic carbocycles. The van der Waals surface area contributed by atoms with Crippen LogP contribution in [0.3, 0.4) is 0 Å². The summed E-state index contributed by atoms with van der Waals surface area (Å²) in [6.45, 7) is 24.8. The van der Waals surface area contributed by atoms with E-state index in [2.05, 4.69) is 80.2 Å². The molecule has 0 aliphatic rings. The van der Waals surface area contributed by atoms with Gasteiger partial charge in [-0.25, -0.2) is 0 Å². The van der Waals surface area contributed by atoms with Crippen molar-refractivity contribution >= 4 is 0 Å². The summed E-state index contributed by atoms with van der Waals surface area (Å²) in [6, 6.07) is 0. The van der Waals surface area contributed by atoms with E-state index in [9.17, 15) is 0 Å². The van der Waals surface area contributed by atoms with Crippen LogP contribution in [-0.4, -0.2) is 12.2 Å². The average molecular weight is 307 g/mol. The number of rotatable bonds is 8. The van der Waals surface area contributed by atoms with Crippen LogP contribution in [0.25, 0.3) is 0 Å². The molecule has 0 spiro atoms. The Balaban J connectivity index is 5.18. The summed E-state index contributed by atoms with van der Waals surface area (Å²) in [5.74, 6) is 0. The normalized spacial score (nSPS) is 14.7. The largest absolute Gasteiger partial charge is 0.371 e. The molecule has 1 heteroatoms. The molecule has 0 aromatic carbocycles. The molecule has 0 amide bonds. The van der Waals surface area contributed by atoms with Crippen LogP contribution in [0.4, 0.5) is 0 Å². The lowest BCUT2D eigenvalue weighted by Crippen LogP contribution is -2.29. The van der Waals surface area contributed by atoms with Gasteiger partial charge >= 0.3 is 0 Å². The van der Waals surface area contributed by atoms with Gasteiger partial charge in [-0.3, -0.25) is 0 Å². The molecule has 128 valence electrons. The minimum Gasteiger partial charge on any atom is -0.371 e. The summed E-state index contributed by atoms with van der Waals surface area (Å²) in [5.41, 5.74) is 2.47. The van der Waals surface area contributed by atoms with E-state index >= 15 is 0 Å². The predicted octanol–water partition coefficient (Wildman–Crippen LogP) is 6.71. The molecule has 0 radical (unpaired) electrons. The standard InChI is InChI=1S/C21H38O/c1-11-13-18(16-17(3)20(7,8)12-2)21(9,10)22-15-14-19(4,5)6/h11,13,16H,3,12,14-15H2,1-2,4-10H3/b13-11-,18-16+. The monoisotopic (exact) mass is 306 g/mol. The van der Waals surface area contributed by atoms with Gasteiger partial charge in [0.1, 0.15) is 0 Å². The molecule has 0 aliphatic heterocycles. The van der Waals surface area contributed by atoms with E-state index in [1.54, 1.807) is 0 Å². The van der Waals surface area contributed by atoms with Gasteiger partial charge in [0.25, 0.3) is 0 Å². The summed E-state index contributed by atoms with van der Waals surface area (Å²) in [5, 5.41) is 0. The third-order valence-corrected chi connectivity index (χ3v) is 4.44. The zero-order valence-corrected chi connectivity index (χ0v) is 16.5. The van der Waals surface area contributed by atoms with Gasteiger partial charge in [-0.15, -0.1) is 0 Å². The molecule has 0 rings (SSSR count). The summed E-state index contributed by atoms with van der Waals surface area (Å²) in [6.07, 6.45) is 8.57. The molecular weight excluding hydrogens is 268 g/mol. The van der Waals surface area contributed by atoms with Crippen LogP contribution < -0.4 is 0 Å². The second-order valence-electron chi connectivity index (χ2n) is 8.53. The Kier molecular flexibility index (Phi) is 7.85. The predicted molar refractivity (Wildman–Crippen MR) is 100 cm³/mol. The van der Waals surface area contributed by atoms with Gasteiger partial charge in [-0.2, -0.15) is 0 Å². The number of allylic oxidation sites excluding steroid dienone is 3. The fourth-order valence-electron chi connectivity index (χ4n) is 1.91. The zero-order chi connectivity index (χ0) is 17.6. The molecule has 0 unspecified atom stereocenters. The first kappa shape index (κ1) is 21.2. The lowest BCUT2D eigenvalue weighted by molar-refractivity contribution is 0.000874. The first-order chi connectivity index (χ1) is 9.85. The third-order valence-electron chi connectivity index (χ3n) is 4.44. The number of hydrogen-bond acceptors (Lipinski definition) is 1. The van der Waals surface area contributed by atoms with Crippen molar-refractivity contribution < 1.29 is 4.74 Å². The molecule has 0 saturated heterocycles. The van der Waals surface area contributed by atoms with Gasteiger partial charge in [0, 0.05) is 6.61 Å². The first-order valence-electron chi connectivity index (χ1n) is 8.54. The van der Waals surface area contributed by atoms with Crippen LogP contribution in [0.5, 0.6) is 0 Å². The van der Waals surface area contributed by atoms with Crippen LogP contribution in [0.1, 0.15) is 75.2 Å². The molecule has 0 heterocycles. The fraction of sp³-hybridized carbons (Fsp3) is 0.714. The van der Waals surface area contributed by atoms with Crippen LogP contribution in [-0.2, 0) is 4.74 Å². The lowest BCUT2D eigenvalue weighted by Gasteiger charge is -2.31. The van der Waals surface area contributed by atoms with Gasteiger partial charge in [0.15, 0.2) is 0 Å². The van der Waals surface area contributed by atoms with Crippen LogP contribution >= 0.6 is 0 Å². The van der Waals surface area contributed by atoms with Crippen molar-refractivity contribution in [3.63, 3.8) is 0 Å².